The van der Waals surface area contributed by atoms with Gasteiger partial charge in [-0.2, -0.15) is 0 Å². The van der Waals surface area contributed by atoms with Crippen LogP contribution in [-0.4, -0.2) is 12.3 Å². The normalized spacial score (nSPS) is 17.0. The molecule has 3 nitrogen and oxygen atoms in total. The van der Waals surface area contributed by atoms with E-state index in [9.17, 15) is 8.78 Å². The molecule has 112 valence electrons. The number of unbranched alkanes of at least 4 members (excludes halogenated alkanes) is 3. The maximum Gasteiger partial charge on any atom is 0.586 e. The quantitative estimate of drug-likeness (QED) is 0.731. The third kappa shape index (κ3) is 3.99. The van der Waals surface area contributed by atoms with Gasteiger partial charge in [0, 0.05) is 17.8 Å². The number of fused-ring (bicyclic) bond motifs is 1. The Kier molecular flexibility index (Phi) is 4.68. The molecule has 0 saturated carbocycles. The zero-order chi connectivity index (χ0) is 14.6. The number of hydrogen-bond acceptors (Lipinski definition) is 3. The van der Waals surface area contributed by atoms with Crippen molar-refractivity contribution in [2.45, 2.75) is 58.3 Å². The molecule has 0 aliphatic carbocycles. The van der Waals surface area contributed by atoms with Gasteiger partial charge in [0.2, 0.25) is 0 Å². The second-order valence-corrected chi connectivity index (χ2v) is 5.22. The molecule has 20 heavy (non-hydrogen) atoms. The number of rotatable bonds is 7. The van der Waals surface area contributed by atoms with Crippen molar-refractivity contribution in [3.8, 4) is 11.5 Å². The first-order chi connectivity index (χ1) is 9.50. The fraction of sp³-hybridized carbons (Fsp3) is 0.600. The molecule has 1 aliphatic heterocycles. The summed E-state index contributed by atoms with van der Waals surface area (Å²) in [6, 6.07) is 5.08. The molecule has 0 amide bonds. The van der Waals surface area contributed by atoms with E-state index >= 15 is 0 Å². The lowest BCUT2D eigenvalue weighted by Crippen LogP contribution is -2.25. The number of halogens is 2. The van der Waals surface area contributed by atoms with Gasteiger partial charge >= 0.3 is 6.29 Å². The Balaban J connectivity index is 1.85. The predicted octanol–water partition coefficient (Wildman–Crippen LogP) is 4.78. The molecule has 0 saturated heterocycles. The molecule has 5 heteroatoms. The second-order valence-electron chi connectivity index (χ2n) is 5.22. The maximum atomic E-state index is 12.9. The van der Waals surface area contributed by atoms with Crippen LogP contribution in [0, 0.1) is 0 Å². The van der Waals surface area contributed by atoms with E-state index in [0.717, 1.165) is 12.1 Å². The third-order valence-electron chi connectivity index (χ3n) is 3.31. The topological polar surface area (TPSA) is 30.5 Å². The van der Waals surface area contributed by atoms with Crippen LogP contribution in [0.1, 0.15) is 46.0 Å². The number of hydrogen-bond donors (Lipinski definition) is 1. The summed E-state index contributed by atoms with van der Waals surface area (Å²) in [6.07, 6.45) is 2.39. The summed E-state index contributed by atoms with van der Waals surface area (Å²) in [6.45, 7) is 4.27. The fourth-order valence-corrected chi connectivity index (χ4v) is 2.27. The Hall–Kier alpha value is -1.52. The summed E-state index contributed by atoms with van der Waals surface area (Å²) in [5.41, 5.74) is 0.771. The molecule has 1 N–H and O–H groups in total. The molecule has 1 heterocycles. The number of benzene rings is 1. The Morgan fingerprint density at radius 3 is 2.65 bits per heavy atom. The number of alkyl halides is 2. The van der Waals surface area contributed by atoms with E-state index in [1.54, 1.807) is 12.1 Å². The molecule has 1 aromatic carbocycles. The highest BCUT2D eigenvalue weighted by Crippen LogP contribution is 2.42. The zero-order valence-corrected chi connectivity index (χ0v) is 11.9. The molecule has 1 aliphatic rings. The highest BCUT2D eigenvalue weighted by Gasteiger charge is 2.43. The third-order valence-corrected chi connectivity index (χ3v) is 3.31. The van der Waals surface area contributed by atoms with Gasteiger partial charge in [0.05, 0.1) is 0 Å². The van der Waals surface area contributed by atoms with Crippen LogP contribution in [0.4, 0.5) is 14.5 Å². The van der Waals surface area contributed by atoms with Crippen molar-refractivity contribution >= 4 is 5.69 Å². The van der Waals surface area contributed by atoms with Crippen LogP contribution >= 0.6 is 0 Å². The number of nitrogens with one attached hydrogen (secondary N) is 1. The summed E-state index contributed by atoms with van der Waals surface area (Å²) in [5, 5.41) is 3.30. The Morgan fingerprint density at radius 1 is 1.15 bits per heavy atom. The van der Waals surface area contributed by atoms with Gasteiger partial charge in [0.15, 0.2) is 11.5 Å². The van der Waals surface area contributed by atoms with Gasteiger partial charge in [-0.1, -0.05) is 32.6 Å². The van der Waals surface area contributed by atoms with Crippen LogP contribution in [-0.2, 0) is 0 Å². The number of ether oxygens (including phenoxy) is 2. The molecule has 1 aromatic rings. The minimum absolute atomic E-state index is 0.0798. The van der Waals surface area contributed by atoms with Gasteiger partial charge in [-0.25, -0.2) is 0 Å². The summed E-state index contributed by atoms with van der Waals surface area (Å²) in [7, 11) is 0. The van der Waals surface area contributed by atoms with Crippen molar-refractivity contribution < 1.29 is 18.3 Å². The van der Waals surface area contributed by atoms with Crippen molar-refractivity contribution in [1.29, 1.82) is 0 Å². The largest absolute Gasteiger partial charge is 0.586 e. The number of anilines is 1. The average molecular weight is 285 g/mol. The average Bonchev–Trinajstić information content (AvgIpc) is 2.68. The van der Waals surface area contributed by atoms with E-state index in [2.05, 4.69) is 28.6 Å². The fourth-order valence-electron chi connectivity index (χ4n) is 2.27. The van der Waals surface area contributed by atoms with Crippen molar-refractivity contribution in [2.24, 2.45) is 0 Å². The summed E-state index contributed by atoms with van der Waals surface area (Å²) in [4.78, 5) is 0. The highest BCUT2D eigenvalue weighted by molar-refractivity contribution is 5.56. The molecule has 0 fully saturated rings. The minimum Gasteiger partial charge on any atom is -0.395 e. The molecule has 1 unspecified atom stereocenters. The van der Waals surface area contributed by atoms with Crippen molar-refractivity contribution in [3.63, 3.8) is 0 Å². The van der Waals surface area contributed by atoms with Crippen LogP contribution < -0.4 is 14.8 Å². The molecular weight excluding hydrogens is 264 g/mol. The standard InChI is InChI=1S/C15H21F2NO2/c1-3-4-5-6-7-11(2)18-12-8-9-13-14(10-12)20-15(16,17)19-13/h8-11,18H,3-7H2,1-2H3. The summed E-state index contributed by atoms with van der Waals surface area (Å²) >= 11 is 0. The van der Waals surface area contributed by atoms with Gasteiger partial charge in [0.1, 0.15) is 0 Å². The summed E-state index contributed by atoms with van der Waals surface area (Å²) < 4.78 is 34.6. The minimum atomic E-state index is -3.55. The lowest BCUT2D eigenvalue weighted by atomic mass is 10.1. The van der Waals surface area contributed by atoms with Crippen molar-refractivity contribution in [3.05, 3.63) is 18.2 Å². The van der Waals surface area contributed by atoms with Crippen LogP contribution in [0.5, 0.6) is 11.5 Å². The summed E-state index contributed by atoms with van der Waals surface area (Å²) in [5.74, 6) is 0.161. The van der Waals surface area contributed by atoms with Crippen LogP contribution in [0.2, 0.25) is 0 Å². The van der Waals surface area contributed by atoms with Crippen LogP contribution in [0.3, 0.4) is 0 Å². The molecule has 2 rings (SSSR count). The molecule has 0 aromatic heterocycles. The van der Waals surface area contributed by atoms with Gasteiger partial charge in [-0.3, -0.25) is 0 Å². The van der Waals surface area contributed by atoms with E-state index in [-0.39, 0.29) is 11.5 Å². The van der Waals surface area contributed by atoms with E-state index in [0.29, 0.717) is 6.04 Å². The van der Waals surface area contributed by atoms with Crippen molar-refractivity contribution in [1.82, 2.24) is 0 Å². The van der Waals surface area contributed by atoms with Gasteiger partial charge in [-0.15, -0.1) is 8.78 Å². The highest BCUT2D eigenvalue weighted by atomic mass is 19.3. The Morgan fingerprint density at radius 2 is 1.90 bits per heavy atom. The molecule has 1 atom stereocenters. The second kappa shape index (κ2) is 6.29. The van der Waals surface area contributed by atoms with E-state index in [1.807, 2.05) is 0 Å². The zero-order valence-electron chi connectivity index (χ0n) is 11.9. The maximum absolute atomic E-state index is 12.9. The predicted molar refractivity (Wildman–Crippen MR) is 74.5 cm³/mol. The first-order valence-corrected chi connectivity index (χ1v) is 7.16. The SMILES string of the molecule is CCCCCCC(C)Nc1ccc2c(c1)OC(F)(F)O2. The first-order valence-electron chi connectivity index (χ1n) is 7.16. The van der Waals surface area contributed by atoms with Crippen molar-refractivity contribution in [2.75, 3.05) is 5.32 Å². The molecule has 0 spiro atoms. The smallest absolute Gasteiger partial charge is 0.395 e. The van der Waals surface area contributed by atoms with Gasteiger partial charge in [0.25, 0.3) is 0 Å². The van der Waals surface area contributed by atoms with Gasteiger partial charge < -0.3 is 14.8 Å². The van der Waals surface area contributed by atoms with Crippen LogP contribution in [0.15, 0.2) is 18.2 Å². The lowest BCUT2D eigenvalue weighted by Gasteiger charge is -2.15. The van der Waals surface area contributed by atoms with E-state index in [1.165, 1.54) is 31.7 Å². The molecular formula is C15H21F2NO2. The Bertz CT molecular complexity index is 451. The molecule has 0 radical (unpaired) electrons. The lowest BCUT2D eigenvalue weighted by molar-refractivity contribution is -0.286. The van der Waals surface area contributed by atoms with E-state index in [4.69, 9.17) is 0 Å². The van der Waals surface area contributed by atoms with Crippen LogP contribution in [0.25, 0.3) is 0 Å². The molecule has 0 bridgehead atoms. The Labute approximate surface area is 118 Å². The first kappa shape index (κ1) is 14.9. The van der Waals surface area contributed by atoms with E-state index < -0.39 is 6.29 Å². The van der Waals surface area contributed by atoms with Gasteiger partial charge in [-0.05, 0) is 25.5 Å². The monoisotopic (exact) mass is 285 g/mol.